The van der Waals surface area contributed by atoms with Gasteiger partial charge in [-0.1, -0.05) is 54.0 Å². The Labute approximate surface area is 118 Å². The Morgan fingerprint density at radius 3 is 2.56 bits per heavy atom. The van der Waals surface area contributed by atoms with Crippen LogP contribution in [0.4, 0.5) is 0 Å². The van der Waals surface area contributed by atoms with Crippen LogP contribution in [0.25, 0.3) is 0 Å². The molecule has 0 aliphatic heterocycles. The van der Waals surface area contributed by atoms with Gasteiger partial charge in [-0.3, -0.25) is 4.79 Å². The summed E-state index contributed by atoms with van der Waals surface area (Å²) in [6.07, 6.45) is 1.47. The van der Waals surface area contributed by atoms with Gasteiger partial charge in [0.05, 0.1) is 6.42 Å². The number of hydrogen-bond donors (Lipinski definition) is 1. The maximum absolute atomic E-state index is 12.0. The lowest BCUT2D eigenvalue weighted by atomic mass is 10.0. The smallest absolute Gasteiger partial charge is 0.224 e. The number of nitrogens with one attached hydrogen (secondary N) is 1. The first-order valence-corrected chi connectivity index (χ1v) is 7.55. The molecule has 0 bridgehead atoms. The molecule has 1 unspecified atom stereocenters. The summed E-state index contributed by atoms with van der Waals surface area (Å²) >= 11 is 3.46. The number of benzene rings is 1. The number of amides is 1. The van der Waals surface area contributed by atoms with Crippen LogP contribution >= 0.6 is 15.9 Å². The highest BCUT2D eigenvalue weighted by Gasteiger charge is 2.13. The zero-order valence-electron chi connectivity index (χ0n) is 11.4. The van der Waals surface area contributed by atoms with Crippen molar-refractivity contribution in [3.8, 4) is 0 Å². The van der Waals surface area contributed by atoms with E-state index in [4.69, 9.17) is 0 Å². The summed E-state index contributed by atoms with van der Waals surface area (Å²) in [5.74, 6) is 0.695. The van der Waals surface area contributed by atoms with Crippen LogP contribution in [0.2, 0.25) is 0 Å². The molecule has 1 N–H and O–H groups in total. The van der Waals surface area contributed by atoms with E-state index in [1.165, 1.54) is 5.56 Å². The third-order valence-corrected chi connectivity index (χ3v) is 3.70. The van der Waals surface area contributed by atoms with Gasteiger partial charge >= 0.3 is 0 Å². The van der Waals surface area contributed by atoms with Crippen LogP contribution < -0.4 is 5.32 Å². The van der Waals surface area contributed by atoms with Crippen molar-refractivity contribution in [2.24, 2.45) is 5.92 Å². The Balaban J connectivity index is 2.53. The van der Waals surface area contributed by atoms with Crippen LogP contribution in [0.3, 0.4) is 0 Å². The van der Waals surface area contributed by atoms with Crippen molar-refractivity contribution in [2.45, 2.75) is 39.7 Å². The molecule has 0 radical (unpaired) electrons. The molecule has 1 atom stereocenters. The summed E-state index contributed by atoms with van der Waals surface area (Å²) in [4.78, 5) is 12.0. The van der Waals surface area contributed by atoms with Crippen molar-refractivity contribution in [3.63, 3.8) is 0 Å². The fraction of sp³-hybridized carbons (Fsp3) is 0.533. The van der Waals surface area contributed by atoms with Crippen molar-refractivity contribution >= 4 is 21.8 Å². The lowest BCUT2D eigenvalue weighted by Gasteiger charge is -2.18. The first-order chi connectivity index (χ1) is 8.52. The summed E-state index contributed by atoms with van der Waals surface area (Å²) < 4.78 is 0. The molecular formula is C15H22BrNO. The van der Waals surface area contributed by atoms with E-state index in [9.17, 15) is 4.79 Å². The van der Waals surface area contributed by atoms with Gasteiger partial charge in [-0.15, -0.1) is 0 Å². The Bertz CT molecular complexity index is 390. The van der Waals surface area contributed by atoms with Gasteiger partial charge in [-0.2, -0.15) is 0 Å². The Morgan fingerprint density at radius 1 is 1.33 bits per heavy atom. The van der Waals surface area contributed by atoms with E-state index in [1.807, 2.05) is 31.2 Å². The van der Waals surface area contributed by atoms with E-state index in [1.54, 1.807) is 0 Å². The topological polar surface area (TPSA) is 29.1 Å². The fourth-order valence-electron chi connectivity index (χ4n) is 1.99. The minimum absolute atomic E-state index is 0.106. The predicted octanol–water partition coefficient (Wildman–Crippen LogP) is 3.46. The van der Waals surface area contributed by atoms with Gasteiger partial charge in [0, 0.05) is 11.4 Å². The molecular weight excluding hydrogens is 290 g/mol. The maximum atomic E-state index is 12.0. The van der Waals surface area contributed by atoms with Crippen LogP contribution in [0, 0.1) is 12.8 Å². The van der Waals surface area contributed by atoms with Gasteiger partial charge in [0.25, 0.3) is 0 Å². The second-order valence-electron chi connectivity index (χ2n) is 5.15. The molecule has 0 fully saturated rings. The quantitative estimate of drug-likeness (QED) is 0.801. The highest BCUT2D eigenvalue weighted by Crippen LogP contribution is 2.10. The number of alkyl halides is 1. The summed E-state index contributed by atoms with van der Waals surface area (Å²) in [5, 5.41) is 3.90. The van der Waals surface area contributed by atoms with E-state index >= 15 is 0 Å². The van der Waals surface area contributed by atoms with Crippen molar-refractivity contribution in [2.75, 3.05) is 5.33 Å². The van der Waals surface area contributed by atoms with Crippen LogP contribution in [0.1, 0.15) is 31.4 Å². The van der Waals surface area contributed by atoms with Gasteiger partial charge in [-0.25, -0.2) is 0 Å². The molecule has 100 valence electrons. The van der Waals surface area contributed by atoms with Gasteiger partial charge in [0.2, 0.25) is 5.91 Å². The molecule has 1 aromatic carbocycles. The third-order valence-electron chi connectivity index (χ3n) is 2.92. The Kier molecular flexibility index (Phi) is 6.41. The molecule has 0 aromatic heterocycles. The molecule has 1 aromatic rings. The maximum Gasteiger partial charge on any atom is 0.224 e. The SMILES string of the molecule is Cc1ccccc1CC(=O)NC(CBr)CC(C)C. The standard InChI is InChI=1S/C15H22BrNO/c1-11(2)8-14(10-16)17-15(18)9-13-7-5-4-6-12(13)3/h4-7,11,14H,8-10H2,1-3H3,(H,17,18). The molecule has 0 aliphatic rings. The minimum atomic E-state index is 0.106. The van der Waals surface area contributed by atoms with Crippen LogP contribution in [0.5, 0.6) is 0 Å². The molecule has 0 spiro atoms. The van der Waals surface area contributed by atoms with E-state index in [0.29, 0.717) is 12.3 Å². The first kappa shape index (κ1) is 15.2. The number of aryl methyl sites for hydroxylation is 1. The average molecular weight is 312 g/mol. The molecule has 18 heavy (non-hydrogen) atoms. The second kappa shape index (κ2) is 7.57. The molecule has 0 heterocycles. The van der Waals surface area contributed by atoms with E-state index in [-0.39, 0.29) is 11.9 Å². The predicted molar refractivity (Wildman–Crippen MR) is 80.1 cm³/mol. The highest BCUT2D eigenvalue weighted by molar-refractivity contribution is 9.09. The van der Waals surface area contributed by atoms with Crippen LogP contribution in [0.15, 0.2) is 24.3 Å². The minimum Gasteiger partial charge on any atom is -0.352 e. The molecule has 1 amide bonds. The number of carbonyl (C=O) groups excluding carboxylic acids is 1. The highest BCUT2D eigenvalue weighted by atomic mass is 79.9. The Morgan fingerprint density at radius 2 is 2.00 bits per heavy atom. The van der Waals surface area contributed by atoms with Crippen molar-refractivity contribution in [3.05, 3.63) is 35.4 Å². The Hall–Kier alpha value is -0.830. The fourth-order valence-corrected chi connectivity index (χ4v) is 2.42. The van der Waals surface area contributed by atoms with E-state index in [0.717, 1.165) is 17.3 Å². The first-order valence-electron chi connectivity index (χ1n) is 6.42. The lowest BCUT2D eigenvalue weighted by molar-refractivity contribution is -0.121. The van der Waals surface area contributed by atoms with Crippen LogP contribution in [-0.4, -0.2) is 17.3 Å². The van der Waals surface area contributed by atoms with Crippen molar-refractivity contribution in [1.29, 1.82) is 0 Å². The van der Waals surface area contributed by atoms with Crippen molar-refractivity contribution in [1.82, 2.24) is 5.32 Å². The lowest BCUT2D eigenvalue weighted by Crippen LogP contribution is -2.38. The number of hydrogen-bond acceptors (Lipinski definition) is 1. The zero-order valence-corrected chi connectivity index (χ0v) is 13.0. The second-order valence-corrected chi connectivity index (χ2v) is 5.80. The van der Waals surface area contributed by atoms with E-state index in [2.05, 4.69) is 35.1 Å². The summed E-state index contributed by atoms with van der Waals surface area (Å²) in [6.45, 7) is 6.38. The normalized spacial score (nSPS) is 12.5. The number of rotatable bonds is 6. The van der Waals surface area contributed by atoms with Crippen molar-refractivity contribution < 1.29 is 4.79 Å². The van der Waals surface area contributed by atoms with Crippen LogP contribution in [-0.2, 0) is 11.2 Å². The summed E-state index contributed by atoms with van der Waals surface area (Å²) in [6, 6.07) is 8.25. The largest absolute Gasteiger partial charge is 0.352 e. The average Bonchev–Trinajstić information content (AvgIpc) is 2.30. The van der Waals surface area contributed by atoms with Gasteiger partial charge < -0.3 is 5.32 Å². The molecule has 0 saturated carbocycles. The van der Waals surface area contributed by atoms with Gasteiger partial charge in [-0.05, 0) is 30.4 Å². The number of halogens is 1. The third kappa shape index (κ3) is 5.21. The molecule has 3 heteroatoms. The zero-order chi connectivity index (χ0) is 13.5. The monoisotopic (exact) mass is 311 g/mol. The molecule has 0 saturated heterocycles. The summed E-state index contributed by atoms with van der Waals surface area (Å²) in [5.41, 5.74) is 2.28. The summed E-state index contributed by atoms with van der Waals surface area (Å²) in [7, 11) is 0. The molecule has 2 nitrogen and oxygen atoms in total. The number of carbonyl (C=O) groups is 1. The molecule has 1 rings (SSSR count). The van der Waals surface area contributed by atoms with Gasteiger partial charge in [0.1, 0.15) is 0 Å². The van der Waals surface area contributed by atoms with E-state index < -0.39 is 0 Å². The molecule has 0 aliphatic carbocycles. The van der Waals surface area contributed by atoms with Gasteiger partial charge in [0.15, 0.2) is 0 Å².